The lowest BCUT2D eigenvalue weighted by Gasteiger charge is -2.10. The summed E-state index contributed by atoms with van der Waals surface area (Å²) in [6, 6.07) is 2.31. The molecule has 102 valence electrons. The third kappa shape index (κ3) is 3.65. The Morgan fingerprint density at radius 1 is 1.28 bits per heavy atom. The number of nitrogens with one attached hydrogen (secondary N) is 2. The van der Waals surface area contributed by atoms with Gasteiger partial charge in [0.05, 0.1) is 9.92 Å². The molecule has 0 fully saturated rings. The summed E-state index contributed by atoms with van der Waals surface area (Å²) >= 11 is 5.80. The Kier molecular flexibility index (Phi) is 5.52. The van der Waals surface area contributed by atoms with Crippen LogP contribution in [-0.2, 0) is 16.6 Å². The van der Waals surface area contributed by atoms with Crippen molar-refractivity contribution in [3.8, 4) is 0 Å². The molecule has 0 unspecified atom stereocenters. The predicted molar refractivity (Wildman–Crippen MR) is 69.7 cm³/mol. The molecule has 18 heavy (non-hydrogen) atoms. The molecule has 0 heterocycles. The molecule has 0 saturated heterocycles. The molecule has 0 saturated carbocycles. The molecule has 1 rings (SSSR count). The fourth-order valence-corrected chi connectivity index (χ4v) is 2.71. The summed E-state index contributed by atoms with van der Waals surface area (Å²) < 4.78 is 39.5. The standard InChI is InChI=1S/C11H16ClFN2O2S/c1-3-14-7-8-5-9(6-10(13)11(8)12)18(16,17)15-4-2/h5-6,14-15H,3-4,7H2,1-2H3. The lowest BCUT2D eigenvalue weighted by molar-refractivity contribution is 0.578. The van der Waals surface area contributed by atoms with Crippen molar-refractivity contribution in [3.05, 3.63) is 28.5 Å². The highest BCUT2D eigenvalue weighted by Crippen LogP contribution is 2.24. The summed E-state index contributed by atoms with van der Waals surface area (Å²) in [6.45, 7) is 4.80. The van der Waals surface area contributed by atoms with Crippen molar-refractivity contribution in [1.82, 2.24) is 10.0 Å². The van der Waals surface area contributed by atoms with Crippen molar-refractivity contribution in [2.75, 3.05) is 13.1 Å². The normalized spacial score (nSPS) is 11.8. The summed E-state index contributed by atoms with van der Waals surface area (Å²) in [5.41, 5.74) is 0.426. The third-order valence-corrected chi connectivity index (χ3v) is 4.24. The lowest BCUT2D eigenvalue weighted by atomic mass is 10.2. The highest BCUT2D eigenvalue weighted by atomic mass is 35.5. The SMILES string of the molecule is CCNCc1cc(S(=O)(=O)NCC)cc(F)c1Cl. The van der Waals surface area contributed by atoms with Gasteiger partial charge in [0.15, 0.2) is 0 Å². The van der Waals surface area contributed by atoms with Gasteiger partial charge in [0, 0.05) is 13.1 Å². The van der Waals surface area contributed by atoms with E-state index in [4.69, 9.17) is 11.6 Å². The minimum Gasteiger partial charge on any atom is -0.313 e. The van der Waals surface area contributed by atoms with E-state index in [2.05, 4.69) is 10.0 Å². The van der Waals surface area contributed by atoms with Gasteiger partial charge in [0.2, 0.25) is 10.0 Å². The zero-order chi connectivity index (χ0) is 13.8. The first-order chi connectivity index (χ1) is 8.42. The molecule has 0 amide bonds. The van der Waals surface area contributed by atoms with Gasteiger partial charge in [-0.15, -0.1) is 0 Å². The van der Waals surface area contributed by atoms with Crippen LogP contribution in [0.2, 0.25) is 5.02 Å². The Bertz CT molecular complexity index is 520. The molecule has 0 radical (unpaired) electrons. The second kappa shape index (κ2) is 6.47. The van der Waals surface area contributed by atoms with Crippen molar-refractivity contribution in [3.63, 3.8) is 0 Å². The second-order valence-corrected chi connectivity index (χ2v) is 5.80. The Balaban J connectivity index is 3.19. The van der Waals surface area contributed by atoms with E-state index in [1.54, 1.807) is 6.92 Å². The lowest BCUT2D eigenvalue weighted by Crippen LogP contribution is -2.23. The minimum absolute atomic E-state index is 0.0496. The fraction of sp³-hybridized carbons (Fsp3) is 0.455. The Morgan fingerprint density at radius 2 is 1.94 bits per heavy atom. The first kappa shape index (κ1) is 15.4. The van der Waals surface area contributed by atoms with Crippen LogP contribution in [0.4, 0.5) is 4.39 Å². The number of hydrogen-bond acceptors (Lipinski definition) is 3. The molecule has 0 aliphatic heterocycles. The molecule has 0 atom stereocenters. The number of benzene rings is 1. The van der Waals surface area contributed by atoms with Gasteiger partial charge in [-0.2, -0.15) is 0 Å². The molecule has 0 aliphatic rings. The summed E-state index contributed by atoms with van der Waals surface area (Å²) in [5, 5.41) is 2.93. The van der Waals surface area contributed by atoms with Crippen LogP contribution in [0, 0.1) is 5.82 Å². The Labute approximate surface area is 112 Å². The van der Waals surface area contributed by atoms with Crippen molar-refractivity contribution in [1.29, 1.82) is 0 Å². The number of rotatable bonds is 6. The van der Waals surface area contributed by atoms with Gasteiger partial charge in [0.25, 0.3) is 0 Å². The Hall–Kier alpha value is -0.690. The first-order valence-electron chi connectivity index (χ1n) is 5.60. The van der Waals surface area contributed by atoms with Crippen LogP contribution in [0.5, 0.6) is 0 Å². The van der Waals surface area contributed by atoms with E-state index in [9.17, 15) is 12.8 Å². The molecule has 0 spiro atoms. The number of halogens is 2. The molecular formula is C11H16ClFN2O2S. The average molecular weight is 295 g/mol. The second-order valence-electron chi connectivity index (χ2n) is 3.66. The topological polar surface area (TPSA) is 58.2 Å². The van der Waals surface area contributed by atoms with Crippen LogP contribution in [0.15, 0.2) is 17.0 Å². The quantitative estimate of drug-likeness (QED) is 0.842. The monoisotopic (exact) mass is 294 g/mol. The zero-order valence-electron chi connectivity index (χ0n) is 10.3. The van der Waals surface area contributed by atoms with Gasteiger partial charge in [0.1, 0.15) is 5.82 Å². The van der Waals surface area contributed by atoms with Crippen LogP contribution in [0.3, 0.4) is 0 Å². The van der Waals surface area contributed by atoms with Crippen LogP contribution < -0.4 is 10.0 Å². The van der Waals surface area contributed by atoms with Gasteiger partial charge in [-0.3, -0.25) is 0 Å². The number of hydrogen-bond donors (Lipinski definition) is 2. The van der Waals surface area contributed by atoms with Crippen LogP contribution in [-0.4, -0.2) is 21.5 Å². The van der Waals surface area contributed by atoms with E-state index in [0.29, 0.717) is 18.7 Å². The largest absolute Gasteiger partial charge is 0.313 e. The van der Waals surface area contributed by atoms with Crippen molar-refractivity contribution >= 4 is 21.6 Å². The summed E-state index contributed by atoms with van der Waals surface area (Å²) in [6.07, 6.45) is 0. The van der Waals surface area contributed by atoms with Crippen molar-refractivity contribution in [2.45, 2.75) is 25.3 Å². The molecule has 0 aliphatic carbocycles. The fourth-order valence-electron chi connectivity index (χ4n) is 1.44. The zero-order valence-corrected chi connectivity index (χ0v) is 11.8. The maximum atomic E-state index is 13.6. The van der Waals surface area contributed by atoms with E-state index in [-0.39, 0.29) is 16.5 Å². The maximum Gasteiger partial charge on any atom is 0.240 e. The van der Waals surface area contributed by atoms with Gasteiger partial charge in [-0.05, 0) is 24.2 Å². The number of sulfonamides is 1. The smallest absolute Gasteiger partial charge is 0.240 e. The van der Waals surface area contributed by atoms with Crippen molar-refractivity contribution < 1.29 is 12.8 Å². The van der Waals surface area contributed by atoms with Gasteiger partial charge in [-0.1, -0.05) is 25.4 Å². The van der Waals surface area contributed by atoms with Crippen LogP contribution >= 0.6 is 11.6 Å². The van der Waals surface area contributed by atoms with Crippen LogP contribution in [0.25, 0.3) is 0 Å². The molecule has 0 bridgehead atoms. The first-order valence-corrected chi connectivity index (χ1v) is 7.46. The minimum atomic E-state index is -3.67. The van der Waals surface area contributed by atoms with Crippen LogP contribution in [0.1, 0.15) is 19.4 Å². The van der Waals surface area contributed by atoms with E-state index in [1.807, 2.05) is 6.92 Å². The van der Waals surface area contributed by atoms with Gasteiger partial charge >= 0.3 is 0 Å². The molecule has 1 aromatic carbocycles. The molecule has 4 nitrogen and oxygen atoms in total. The molecule has 0 aromatic heterocycles. The molecular weight excluding hydrogens is 279 g/mol. The average Bonchev–Trinajstić information content (AvgIpc) is 2.30. The highest BCUT2D eigenvalue weighted by Gasteiger charge is 2.17. The van der Waals surface area contributed by atoms with E-state index in [0.717, 1.165) is 6.07 Å². The summed E-state index contributed by atoms with van der Waals surface area (Å²) in [4.78, 5) is -0.112. The molecule has 1 aromatic rings. The molecule has 7 heteroatoms. The third-order valence-electron chi connectivity index (χ3n) is 2.29. The summed E-state index contributed by atoms with van der Waals surface area (Å²) in [7, 11) is -3.67. The van der Waals surface area contributed by atoms with E-state index < -0.39 is 15.8 Å². The maximum absolute atomic E-state index is 13.6. The van der Waals surface area contributed by atoms with Gasteiger partial charge < -0.3 is 5.32 Å². The Morgan fingerprint density at radius 3 is 2.50 bits per heavy atom. The van der Waals surface area contributed by atoms with Gasteiger partial charge in [-0.25, -0.2) is 17.5 Å². The highest BCUT2D eigenvalue weighted by molar-refractivity contribution is 7.89. The molecule has 2 N–H and O–H groups in total. The van der Waals surface area contributed by atoms with E-state index >= 15 is 0 Å². The van der Waals surface area contributed by atoms with Crippen molar-refractivity contribution in [2.24, 2.45) is 0 Å². The predicted octanol–water partition coefficient (Wildman–Crippen LogP) is 1.89. The summed E-state index contributed by atoms with van der Waals surface area (Å²) in [5.74, 6) is -0.733. The van der Waals surface area contributed by atoms with E-state index in [1.165, 1.54) is 6.07 Å².